The van der Waals surface area contributed by atoms with Crippen molar-refractivity contribution in [1.82, 2.24) is 4.57 Å². The van der Waals surface area contributed by atoms with Gasteiger partial charge in [-0.25, -0.2) is 0 Å². The maximum absolute atomic E-state index is 11.8. The highest BCUT2D eigenvalue weighted by molar-refractivity contribution is 5.96. The summed E-state index contributed by atoms with van der Waals surface area (Å²) in [7, 11) is 0. The fourth-order valence-corrected chi connectivity index (χ4v) is 3.23. The van der Waals surface area contributed by atoms with E-state index in [1.54, 1.807) is 0 Å². The van der Waals surface area contributed by atoms with Gasteiger partial charge in [-0.2, -0.15) is 0 Å². The highest BCUT2D eigenvalue weighted by Crippen LogP contribution is 2.37. The van der Waals surface area contributed by atoms with Crippen LogP contribution < -0.4 is 5.32 Å². The predicted octanol–water partition coefficient (Wildman–Crippen LogP) is 4.45. The summed E-state index contributed by atoms with van der Waals surface area (Å²) < 4.78 is 2.01. The minimum atomic E-state index is -0.0454. The van der Waals surface area contributed by atoms with Crippen LogP contribution >= 0.6 is 0 Å². The number of aromatic nitrogens is 1. The molecule has 0 bridgehead atoms. The van der Waals surface area contributed by atoms with Crippen molar-refractivity contribution in [1.29, 1.82) is 0 Å². The summed E-state index contributed by atoms with van der Waals surface area (Å²) in [5.41, 5.74) is 0.784. The smallest absolute Gasteiger partial charge is 0.226 e. The van der Waals surface area contributed by atoms with Gasteiger partial charge in [0.2, 0.25) is 5.91 Å². The summed E-state index contributed by atoms with van der Waals surface area (Å²) in [6.45, 7) is 3.75. The SMILES string of the molecule is CC(C)C(=O)Nc1ccc2c(O)n(C3CCCCC3)cc2c1. The Balaban J connectivity index is 1.90. The molecule has 0 atom stereocenters. The van der Waals surface area contributed by atoms with E-state index in [0.29, 0.717) is 11.9 Å². The summed E-state index contributed by atoms with van der Waals surface area (Å²) in [5, 5.41) is 15.2. The van der Waals surface area contributed by atoms with Crippen LogP contribution in [0.15, 0.2) is 24.4 Å². The van der Waals surface area contributed by atoms with Gasteiger partial charge in [0, 0.05) is 34.6 Å². The van der Waals surface area contributed by atoms with Crippen LogP contribution in [0.25, 0.3) is 10.8 Å². The van der Waals surface area contributed by atoms with Crippen LogP contribution in [0.4, 0.5) is 5.69 Å². The molecule has 1 aromatic carbocycles. The van der Waals surface area contributed by atoms with E-state index in [9.17, 15) is 9.90 Å². The molecule has 1 fully saturated rings. The van der Waals surface area contributed by atoms with Crippen molar-refractivity contribution in [2.45, 2.75) is 52.0 Å². The van der Waals surface area contributed by atoms with Crippen molar-refractivity contribution in [3.63, 3.8) is 0 Å². The Bertz CT molecular complexity index is 682. The maximum Gasteiger partial charge on any atom is 0.226 e. The third-order valence-corrected chi connectivity index (χ3v) is 4.58. The van der Waals surface area contributed by atoms with Crippen molar-refractivity contribution >= 4 is 22.4 Å². The van der Waals surface area contributed by atoms with Gasteiger partial charge in [-0.3, -0.25) is 4.79 Å². The number of carbonyl (C=O) groups excluding carboxylic acids is 1. The van der Waals surface area contributed by atoms with E-state index in [-0.39, 0.29) is 11.8 Å². The van der Waals surface area contributed by atoms with Crippen molar-refractivity contribution in [2.24, 2.45) is 5.92 Å². The monoisotopic (exact) mass is 300 g/mol. The zero-order valence-electron chi connectivity index (χ0n) is 13.3. The molecule has 1 aromatic heterocycles. The minimum Gasteiger partial charge on any atom is -0.494 e. The van der Waals surface area contributed by atoms with Gasteiger partial charge in [0.1, 0.15) is 0 Å². The van der Waals surface area contributed by atoms with E-state index in [1.807, 2.05) is 42.8 Å². The molecule has 0 aliphatic heterocycles. The van der Waals surface area contributed by atoms with Crippen LogP contribution in [0.2, 0.25) is 0 Å². The van der Waals surface area contributed by atoms with Gasteiger partial charge in [0.15, 0.2) is 5.88 Å². The van der Waals surface area contributed by atoms with Crippen molar-refractivity contribution in [3.8, 4) is 5.88 Å². The average molecular weight is 300 g/mol. The molecule has 2 N–H and O–H groups in total. The average Bonchev–Trinajstić information content (AvgIpc) is 2.84. The number of carbonyl (C=O) groups is 1. The second kappa shape index (κ2) is 6.03. The first-order valence-electron chi connectivity index (χ1n) is 8.20. The predicted molar refractivity (Wildman–Crippen MR) is 89.2 cm³/mol. The van der Waals surface area contributed by atoms with Gasteiger partial charge in [0.25, 0.3) is 0 Å². The number of benzene rings is 1. The van der Waals surface area contributed by atoms with Gasteiger partial charge in [-0.15, -0.1) is 0 Å². The van der Waals surface area contributed by atoms with Crippen molar-refractivity contribution < 1.29 is 9.90 Å². The lowest BCUT2D eigenvalue weighted by molar-refractivity contribution is -0.118. The molecule has 0 radical (unpaired) electrons. The molecule has 1 amide bonds. The molecular formula is C18H24N2O2. The molecule has 22 heavy (non-hydrogen) atoms. The van der Waals surface area contributed by atoms with Gasteiger partial charge >= 0.3 is 0 Å². The highest BCUT2D eigenvalue weighted by Gasteiger charge is 2.19. The molecule has 0 saturated heterocycles. The number of aromatic hydroxyl groups is 1. The topological polar surface area (TPSA) is 54.3 Å². The summed E-state index contributed by atoms with van der Waals surface area (Å²) in [4.78, 5) is 11.8. The van der Waals surface area contributed by atoms with Gasteiger partial charge in [-0.1, -0.05) is 33.1 Å². The number of fused-ring (bicyclic) bond motifs is 1. The number of anilines is 1. The molecule has 1 heterocycles. The first-order chi connectivity index (χ1) is 10.6. The van der Waals surface area contributed by atoms with E-state index in [1.165, 1.54) is 19.3 Å². The first kappa shape index (κ1) is 14.9. The van der Waals surface area contributed by atoms with E-state index in [2.05, 4.69) is 5.32 Å². The standard InChI is InChI=1S/C18H24N2O2/c1-12(2)17(21)19-14-8-9-16-13(10-14)11-20(18(16)22)15-6-4-3-5-7-15/h8-12,15,22H,3-7H2,1-2H3,(H,19,21). The summed E-state index contributed by atoms with van der Waals surface area (Å²) in [5.74, 6) is 0.315. The van der Waals surface area contributed by atoms with Crippen LogP contribution in [-0.4, -0.2) is 15.6 Å². The van der Waals surface area contributed by atoms with Crippen LogP contribution in [-0.2, 0) is 4.79 Å². The Morgan fingerprint density at radius 2 is 2.00 bits per heavy atom. The van der Waals surface area contributed by atoms with E-state index < -0.39 is 0 Å². The van der Waals surface area contributed by atoms with Crippen molar-refractivity contribution in [3.05, 3.63) is 24.4 Å². The molecule has 0 spiro atoms. The number of hydrogen-bond donors (Lipinski definition) is 2. The van der Waals surface area contributed by atoms with E-state index in [4.69, 9.17) is 0 Å². The number of hydrogen-bond acceptors (Lipinski definition) is 2. The van der Waals surface area contributed by atoms with E-state index >= 15 is 0 Å². The molecule has 4 heteroatoms. The normalized spacial score (nSPS) is 16.3. The molecular weight excluding hydrogens is 276 g/mol. The number of rotatable bonds is 3. The largest absolute Gasteiger partial charge is 0.494 e. The lowest BCUT2D eigenvalue weighted by atomic mass is 9.95. The summed E-state index contributed by atoms with van der Waals surface area (Å²) in [6.07, 6.45) is 8.04. The van der Waals surface area contributed by atoms with Crippen molar-refractivity contribution in [2.75, 3.05) is 5.32 Å². The second-order valence-electron chi connectivity index (χ2n) is 6.60. The molecule has 1 saturated carbocycles. The molecule has 1 aliphatic rings. The zero-order valence-corrected chi connectivity index (χ0v) is 13.3. The first-order valence-corrected chi connectivity index (χ1v) is 8.20. The molecule has 2 aromatic rings. The van der Waals surface area contributed by atoms with Gasteiger partial charge in [0.05, 0.1) is 0 Å². The van der Waals surface area contributed by atoms with Crippen LogP contribution in [0.3, 0.4) is 0 Å². The van der Waals surface area contributed by atoms with Crippen LogP contribution in [0.5, 0.6) is 5.88 Å². The van der Waals surface area contributed by atoms with E-state index in [0.717, 1.165) is 29.3 Å². The fraction of sp³-hybridized carbons (Fsp3) is 0.500. The lowest BCUT2D eigenvalue weighted by Gasteiger charge is -2.23. The molecule has 0 unspecified atom stereocenters. The Kier molecular flexibility index (Phi) is 4.10. The highest BCUT2D eigenvalue weighted by atomic mass is 16.3. The van der Waals surface area contributed by atoms with Crippen LogP contribution in [0.1, 0.15) is 52.0 Å². The summed E-state index contributed by atoms with van der Waals surface area (Å²) in [6, 6.07) is 6.08. The second-order valence-corrected chi connectivity index (χ2v) is 6.60. The quantitative estimate of drug-likeness (QED) is 0.880. The Morgan fingerprint density at radius 1 is 1.27 bits per heavy atom. The van der Waals surface area contributed by atoms with Crippen LogP contribution in [0, 0.1) is 5.92 Å². The minimum absolute atomic E-state index is 0.00952. The summed E-state index contributed by atoms with van der Waals surface area (Å²) >= 11 is 0. The molecule has 118 valence electrons. The Hall–Kier alpha value is -1.97. The third-order valence-electron chi connectivity index (χ3n) is 4.58. The number of nitrogens with zero attached hydrogens (tertiary/aromatic N) is 1. The zero-order chi connectivity index (χ0) is 15.7. The lowest BCUT2D eigenvalue weighted by Crippen LogP contribution is -2.17. The molecule has 4 nitrogen and oxygen atoms in total. The number of nitrogens with one attached hydrogen (secondary N) is 1. The van der Waals surface area contributed by atoms with Gasteiger partial charge in [-0.05, 0) is 31.0 Å². The van der Waals surface area contributed by atoms with Gasteiger partial charge < -0.3 is 15.0 Å². The molecule has 1 aliphatic carbocycles. The maximum atomic E-state index is 11.8. The fourth-order valence-electron chi connectivity index (χ4n) is 3.23. The Labute approximate surface area is 131 Å². The Morgan fingerprint density at radius 3 is 2.68 bits per heavy atom. The number of amides is 1. The molecule has 3 rings (SSSR count). The third kappa shape index (κ3) is 2.82.